The summed E-state index contributed by atoms with van der Waals surface area (Å²) in [5.74, 6) is 0.660. The molecule has 0 fully saturated rings. The summed E-state index contributed by atoms with van der Waals surface area (Å²) in [6.45, 7) is 1.71. The van der Waals surface area contributed by atoms with Crippen LogP contribution < -0.4 is 4.74 Å². The van der Waals surface area contributed by atoms with Crippen molar-refractivity contribution in [1.82, 2.24) is 19.1 Å². The van der Waals surface area contributed by atoms with Gasteiger partial charge in [0.15, 0.2) is 11.0 Å². The van der Waals surface area contributed by atoms with Crippen LogP contribution in [0.25, 0.3) is 17.1 Å². The van der Waals surface area contributed by atoms with Gasteiger partial charge in [-0.25, -0.2) is 12.7 Å². The number of ether oxygens (including phenoxy) is 2. The summed E-state index contributed by atoms with van der Waals surface area (Å²) in [7, 11) is 2.21. The molecule has 32 heavy (non-hydrogen) atoms. The summed E-state index contributed by atoms with van der Waals surface area (Å²) in [6, 6.07) is 13.8. The van der Waals surface area contributed by atoms with E-state index in [0.29, 0.717) is 28.0 Å². The maximum atomic E-state index is 12.6. The van der Waals surface area contributed by atoms with Gasteiger partial charge in [0.1, 0.15) is 11.0 Å². The number of methoxy groups -OCH3 is 2. The smallest absolute Gasteiger partial charge is 0.318 e. The van der Waals surface area contributed by atoms with Gasteiger partial charge in [-0.05, 0) is 31.2 Å². The Hall–Kier alpha value is -2.89. The van der Waals surface area contributed by atoms with Crippen LogP contribution in [0.2, 0.25) is 0 Å². The van der Waals surface area contributed by atoms with Crippen molar-refractivity contribution in [2.24, 2.45) is 0 Å². The van der Waals surface area contributed by atoms with Crippen molar-refractivity contribution < 1.29 is 22.7 Å². The molecule has 11 heteroatoms. The molecule has 0 aliphatic rings. The number of thioether (sulfide) groups is 1. The highest BCUT2D eigenvalue weighted by Crippen LogP contribution is 2.32. The second-order valence-corrected chi connectivity index (χ2v) is 10.4. The third-order valence-electron chi connectivity index (χ3n) is 4.63. The van der Waals surface area contributed by atoms with Crippen LogP contribution in [0.4, 0.5) is 0 Å². The number of hydrogen-bond acceptors (Lipinski definition) is 8. The first-order chi connectivity index (χ1) is 15.2. The van der Waals surface area contributed by atoms with Crippen LogP contribution in [-0.2, 0) is 19.6 Å². The Morgan fingerprint density at radius 1 is 1.09 bits per heavy atom. The minimum Gasteiger partial charge on any atom is -0.497 e. The normalized spacial score (nSPS) is 12.6. The lowest BCUT2D eigenvalue weighted by Gasteiger charge is -2.15. The predicted molar refractivity (Wildman–Crippen MR) is 122 cm³/mol. The molecule has 0 N–H and O–H groups in total. The first kappa shape index (κ1) is 23.8. The van der Waals surface area contributed by atoms with Crippen LogP contribution in [0.5, 0.6) is 5.75 Å². The molecule has 1 atom stereocenters. The van der Waals surface area contributed by atoms with E-state index >= 15 is 0 Å². The second-order valence-electron chi connectivity index (χ2n) is 6.94. The highest BCUT2D eigenvalue weighted by molar-refractivity contribution is 8.00. The minimum atomic E-state index is -3.63. The summed E-state index contributed by atoms with van der Waals surface area (Å²) in [4.78, 5) is 12.1. The van der Waals surface area contributed by atoms with Gasteiger partial charge in [-0.15, -0.1) is 10.2 Å². The molecular formula is C21H24N4O5S2. The summed E-state index contributed by atoms with van der Waals surface area (Å²) in [5, 5.41) is 8.52. The van der Waals surface area contributed by atoms with Crippen molar-refractivity contribution >= 4 is 27.8 Å². The van der Waals surface area contributed by atoms with Gasteiger partial charge >= 0.3 is 5.97 Å². The summed E-state index contributed by atoms with van der Waals surface area (Å²) in [6.07, 6.45) is 0. The van der Waals surface area contributed by atoms with E-state index in [1.54, 1.807) is 42.9 Å². The topological polar surface area (TPSA) is 104 Å². The van der Waals surface area contributed by atoms with Crippen LogP contribution in [0.3, 0.4) is 0 Å². The molecule has 0 aliphatic carbocycles. The largest absolute Gasteiger partial charge is 0.497 e. The number of sulfonamides is 1. The van der Waals surface area contributed by atoms with Crippen molar-refractivity contribution in [1.29, 1.82) is 0 Å². The number of carbonyl (C=O) groups excluding carboxylic acids is 1. The molecule has 0 saturated heterocycles. The van der Waals surface area contributed by atoms with Gasteiger partial charge in [-0.1, -0.05) is 30.0 Å². The van der Waals surface area contributed by atoms with E-state index in [-0.39, 0.29) is 4.90 Å². The highest BCUT2D eigenvalue weighted by atomic mass is 32.2. The third-order valence-corrected chi connectivity index (χ3v) is 7.46. The molecule has 170 valence electrons. The van der Waals surface area contributed by atoms with E-state index in [0.717, 1.165) is 4.31 Å². The molecule has 2 aromatic carbocycles. The molecule has 0 unspecified atom stereocenters. The van der Waals surface area contributed by atoms with Crippen LogP contribution >= 0.6 is 11.8 Å². The number of aromatic nitrogens is 3. The lowest BCUT2D eigenvalue weighted by Crippen LogP contribution is -2.22. The van der Waals surface area contributed by atoms with Crippen molar-refractivity contribution in [2.45, 2.75) is 22.2 Å². The van der Waals surface area contributed by atoms with Crippen molar-refractivity contribution in [3.63, 3.8) is 0 Å². The average Bonchev–Trinajstić information content (AvgIpc) is 3.21. The zero-order valence-electron chi connectivity index (χ0n) is 18.3. The molecule has 0 aliphatic heterocycles. The minimum absolute atomic E-state index is 0.136. The van der Waals surface area contributed by atoms with Gasteiger partial charge in [-0.3, -0.25) is 9.36 Å². The molecule has 0 amide bonds. The Bertz CT molecular complexity index is 1220. The summed E-state index contributed by atoms with van der Waals surface area (Å²) >= 11 is 1.19. The van der Waals surface area contributed by atoms with Crippen LogP contribution in [0.15, 0.2) is 58.6 Å². The van der Waals surface area contributed by atoms with Gasteiger partial charge in [-0.2, -0.15) is 0 Å². The fraction of sp³-hybridized carbons (Fsp3) is 0.286. The molecule has 0 radical (unpaired) electrons. The number of rotatable bonds is 8. The number of carbonyl (C=O) groups is 1. The lowest BCUT2D eigenvalue weighted by molar-refractivity contribution is -0.139. The first-order valence-corrected chi connectivity index (χ1v) is 11.9. The molecule has 0 spiro atoms. The van der Waals surface area contributed by atoms with Gasteiger partial charge < -0.3 is 9.47 Å². The fourth-order valence-corrected chi connectivity index (χ4v) is 4.74. The SMILES string of the molecule is COC(=O)[C@@H](C)Sc1nnc(-c2cccc(S(=O)(=O)N(C)C)c2)n1-c1cccc(OC)c1. The standard InChI is InChI=1S/C21H24N4O5S2/c1-14(20(26)30-5)31-21-23-22-19(25(21)16-9-7-10-17(13-16)29-4)15-8-6-11-18(12-15)32(27,28)24(2)3/h6-14H,1-5H3/t14-/m1/s1. The Morgan fingerprint density at radius 2 is 1.81 bits per heavy atom. The first-order valence-electron chi connectivity index (χ1n) is 9.56. The molecule has 3 aromatic rings. The molecule has 9 nitrogen and oxygen atoms in total. The quantitative estimate of drug-likeness (QED) is 0.361. The van der Waals surface area contributed by atoms with Gasteiger partial charge in [0.2, 0.25) is 10.0 Å². The molecule has 1 heterocycles. The third kappa shape index (κ3) is 4.79. The Labute approximate surface area is 191 Å². The van der Waals surface area contributed by atoms with E-state index in [1.807, 2.05) is 18.2 Å². The zero-order chi connectivity index (χ0) is 23.5. The molecular weight excluding hydrogens is 452 g/mol. The van der Waals surface area contributed by atoms with E-state index in [1.165, 1.54) is 39.0 Å². The van der Waals surface area contributed by atoms with Crippen molar-refractivity contribution in [2.75, 3.05) is 28.3 Å². The second kappa shape index (κ2) is 9.72. The van der Waals surface area contributed by atoms with E-state index in [2.05, 4.69) is 10.2 Å². The van der Waals surface area contributed by atoms with Gasteiger partial charge in [0, 0.05) is 25.7 Å². The number of esters is 1. The number of hydrogen-bond donors (Lipinski definition) is 0. The summed E-state index contributed by atoms with van der Waals surface area (Å²) < 4.78 is 38.3. The maximum Gasteiger partial charge on any atom is 0.318 e. The molecule has 1 aromatic heterocycles. The van der Waals surface area contributed by atoms with E-state index in [4.69, 9.17) is 9.47 Å². The van der Waals surface area contributed by atoms with Gasteiger partial charge in [0.25, 0.3) is 0 Å². The van der Waals surface area contributed by atoms with E-state index < -0.39 is 21.2 Å². The lowest BCUT2D eigenvalue weighted by atomic mass is 10.2. The van der Waals surface area contributed by atoms with Crippen LogP contribution in [0.1, 0.15) is 6.92 Å². The Morgan fingerprint density at radius 3 is 2.47 bits per heavy atom. The highest BCUT2D eigenvalue weighted by Gasteiger charge is 2.24. The molecule has 3 rings (SSSR count). The molecule has 0 saturated carbocycles. The monoisotopic (exact) mass is 476 g/mol. The Kier molecular flexibility index (Phi) is 7.22. The average molecular weight is 477 g/mol. The predicted octanol–water partition coefficient (Wildman–Crippen LogP) is 2.85. The maximum absolute atomic E-state index is 12.6. The Balaban J connectivity index is 2.18. The van der Waals surface area contributed by atoms with Crippen molar-refractivity contribution in [3.8, 4) is 22.8 Å². The van der Waals surface area contributed by atoms with Crippen molar-refractivity contribution in [3.05, 3.63) is 48.5 Å². The van der Waals surface area contributed by atoms with Gasteiger partial charge in [0.05, 0.1) is 24.8 Å². The van der Waals surface area contributed by atoms with Crippen LogP contribution in [0, 0.1) is 0 Å². The molecule has 0 bridgehead atoms. The zero-order valence-corrected chi connectivity index (χ0v) is 20.0. The van der Waals surface area contributed by atoms with E-state index in [9.17, 15) is 13.2 Å². The van der Waals surface area contributed by atoms with Crippen LogP contribution in [-0.4, -0.2) is 67.0 Å². The number of nitrogens with zero attached hydrogens (tertiary/aromatic N) is 4. The fourth-order valence-electron chi connectivity index (χ4n) is 2.89. The number of benzene rings is 2. The summed E-state index contributed by atoms with van der Waals surface area (Å²) in [5.41, 5.74) is 1.26.